The van der Waals surface area contributed by atoms with Crippen LogP contribution in [0.2, 0.25) is 0 Å². The number of hydrogen-bond acceptors (Lipinski definition) is 3. The molecule has 1 aliphatic rings. The van der Waals surface area contributed by atoms with Gasteiger partial charge in [-0.2, -0.15) is 0 Å². The van der Waals surface area contributed by atoms with Gasteiger partial charge in [0.25, 0.3) is 0 Å². The van der Waals surface area contributed by atoms with Gasteiger partial charge in [-0.15, -0.1) is 0 Å². The first-order valence-corrected chi connectivity index (χ1v) is 7.88. The number of fused-ring (bicyclic) bond motifs is 1. The quantitative estimate of drug-likeness (QED) is 0.572. The Labute approximate surface area is 121 Å². The molecule has 3 nitrogen and oxygen atoms in total. The molecule has 0 saturated heterocycles. The first kappa shape index (κ1) is 15.2. The molecular weight excluding hydrogens is 252 g/mol. The lowest BCUT2D eigenvalue weighted by Gasteiger charge is -2.26. The summed E-state index contributed by atoms with van der Waals surface area (Å²) in [6, 6.07) is 3.35. The van der Waals surface area contributed by atoms with Crippen molar-refractivity contribution in [2.24, 2.45) is 0 Å². The van der Waals surface area contributed by atoms with E-state index in [4.69, 9.17) is 4.74 Å². The molecule has 1 unspecified atom stereocenters. The molecule has 1 aliphatic heterocycles. The SMILES string of the molecule is CCCCCCCCC1OCCc2cc(O)c(O)cc21. The maximum absolute atomic E-state index is 9.66. The highest BCUT2D eigenvalue weighted by molar-refractivity contribution is 5.47. The van der Waals surface area contributed by atoms with Gasteiger partial charge in [-0.25, -0.2) is 0 Å². The van der Waals surface area contributed by atoms with Crippen LogP contribution < -0.4 is 0 Å². The van der Waals surface area contributed by atoms with Crippen LogP contribution in [0.15, 0.2) is 12.1 Å². The van der Waals surface area contributed by atoms with Gasteiger partial charge in [0.05, 0.1) is 12.7 Å². The summed E-state index contributed by atoms with van der Waals surface area (Å²) in [5.41, 5.74) is 2.17. The minimum absolute atomic E-state index is 0.0241. The molecule has 0 aliphatic carbocycles. The summed E-state index contributed by atoms with van der Waals surface area (Å²) in [5.74, 6) is -0.0637. The fourth-order valence-electron chi connectivity index (χ4n) is 2.90. The lowest BCUT2D eigenvalue weighted by molar-refractivity contribution is 0.0345. The van der Waals surface area contributed by atoms with Crippen molar-refractivity contribution in [2.75, 3.05) is 6.61 Å². The van der Waals surface area contributed by atoms with Crippen LogP contribution in [0.3, 0.4) is 0 Å². The molecule has 0 saturated carbocycles. The Balaban J connectivity index is 1.87. The summed E-state index contributed by atoms with van der Waals surface area (Å²) >= 11 is 0. The standard InChI is InChI=1S/C17H26O3/c1-2-3-4-5-6-7-8-17-14-12-16(19)15(18)11-13(14)9-10-20-17/h11-12,17-19H,2-10H2,1H3. The van der Waals surface area contributed by atoms with E-state index < -0.39 is 0 Å². The largest absolute Gasteiger partial charge is 0.504 e. The molecule has 0 fully saturated rings. The topological polar surface area (TPSA) is 49.7 Å². The zero-order valence-electron chi connectivity index (χ0n) is 12.4. The molecule has 1 heterocycles. The van der Waals surface area contributed by atoms with Gasteiger partial charge in [0.15, 0.2) is 11.5 Å². The smallest absolute Gasteiger partial charge is 0.157 e. The molecule has 0 radical (unpaired) electrons. The van der Waals surface area contributed by atoms with E-state index in [1.165, 1.54) is 32.1 Å². The van der Waals surface area contributed by atoms with Crippen LogP contribution in [0, 0.1) is 0 Å². The van der Waals surface area contributed by atoms with Crippen molar-refractivity contribution < 1.29 is 14.9 Å². The predicted octanol–water partition coefficient (Wildman–Crippen LogP) is 4.46. The number of rotatable bonds is 7. The predicted molar refractivity (Wildman–Crippen MR) is 80.2 cm³/mol. The van der Waals surface area contributed by atoms with E-state index in [0.717, 1.165) is 30.4 Å². The van der Waals surface area contributed by atoms with Crippen molar-refractivity contribution in [1.82, 2.24) is 0 Å². The van der Waals surface area contributed by atoms with Crippen LogP contribution in [0.1, 0.15) is 69.1 Å². The van der Waals surface area contributed by atoms with E-state index in [-0.39, 0.29) is 17.6 Å². The lowest BCUT2D eigenvalue weighted by atomic mass is 9.93. The second-order valence-corrected chi connectivity index (χ2v) is 5.71. The molecule has 2 N–H and O–H groups in total. The molecule has 0 bridgehead atoms. The van der Waals surface area contributed by atoms with Gasteiger partial charge in [0, 0.05) is 0 Å². The Kier molecular flexibility index (Phi) is 5.72. The highest BCUT2D eigenvalue weighted by Crippen LogP contribution is 2.37. The van der Waals surface area contributed by atoms with Crippen LogP contribution >= 0.6 is 0 Å². The third-order valence-corrected chi connectivity index (χ3v) is 4.09. The van der Waals surface area contributed by atoms with E-state index in [2.05, 4.69) is 6.92 Å². The van der Waals surface area contributed by atoms with Crippen LogP contribution in [-0.2, 0) is 11.2 Å². The minimum Gasteiger partial charge on any atom is -0.504 e. The number of aromatic hydroxyl groups is 2. The van der Waals surface area contributed by atoms with Crippen molar-refractivity contribution in [1.29, 1.82) is 0 Å². The van der Waals surface area contributed by atoms with Crippen molar-refractivity contribution in [3.05, 3.63) is 23.3 Å². The van der Waals surface area contributed by atoms with E-state index in [9.17, 15) is 10.2 Å². The third-order valence-electron chi connectivity index (χ3n) is 4.09. The average Bonchev–Trinajstić information content (AvgIpc) is 2.44. The summed E-state index contributed by atoms with van der Waals surface area (Å²) < 4.78 is 5.83. The van der Waals surface area contributed by atoms with Crippen molar-refractivity contribution in [2.45, 2.75) is 64.4 Å². The maximum Gasteiger partial charge on any atom is 0.157 e. The molecule has 20 heavy (non-hydrogen) atoms. The normalized spacial score (nSPS) is 17.9. The van der Waals surface area contributed by atoms with Gasteiger partial charge >= 0.3 is 0 Å². The van der Waals surface area contributed by atoms with Crippen molar-refractivity contribution in [3.8, 4) is 11.5 Å². The van der Waals surface area contributed by atoms with Crippen molar-refractivity contribution in [3.63, 3.8) is 0 Å². The minimum atomic E-state index is -0.0396. The number of phenolic OH excluding ortho intramolecular Hbond substituents is 2. The van der Waals surface area contributed by atoms with Crippen LogP contribution in [-0.4, -0.2) is 16.8 Å². The maximum atomic E-state index is 9.66. The number of ether oxygens (including phenoxy) is 1. The third kappa shape index (κ3) is 3.89. The Morgan fingerprint density at radius 3 is 2.55 bits per heavy atom. The summed E-state index contributed by atoms with van der Waals surface area (Å²) in [7, 11) is 0. The highest BCUT2D eigenvalue weighted by atomic mass is 16.5. The van der Waals surface area contributed by atoms with E-state index in [1.807, 2.05) is 0 Å². The molecule has 0 spiro atoms. The van der Waals surface area contributed by atoms with Crippen LogP contribution in [0.25, 0.3) is 0 Å². The van der Waals surface area contributed by atoms with E-state index >= 15 is 0 Å². The van der Waals surface area contributed by atoms with Gasteiger partial charge in [-0.05, 0) is 36.1 Å². The first-order chi connectivity index (χ1) is 9.72. The molecule has 1 aromatic rings. The molecule has 112 valence electrons. The Bertz CT molecular complexity index is 428. The number of phenols is 2. The van der Waals surface area contributed by atoms with Gasteiger partial charge < -0.3 is 14.9 Å². The molecule has 3 heteroatoms. The van der Waals surface area contributed by atoms with E-state index in [0.29, 0.717) is 6.61 Å². The van der Waals surface area contributed by atoms with Crippen molar-refractivity contribution >= 4 is 0 Å². The first-order valence-electron chi connectivity index (χ1n) is 7.88. The summed E-state index contributed by atoms with van der Waals surface area (Å²) in [6.07, 6.45) is 9.55. The zero-order chi connectivity index (χ0) is 14.4. The summed E-state index contributed by atoms with van der Waals surface area (Å²) in [6.45, 7) is 2.94. The lowest BCUT2D eigenvalue weighted by Crippen LogP contribution is -2.16. The summed E-state index contributed by atoms with van der Waals surface area (Å²) in [4.78, 5) is 0. The molecule has 1 atom stereocenters. The van der Waals surface area contributed by atoms with Crippen LogP contribution in [0.4, 0.5) is 0 Å². The number of benzene rings is 1. The highest BCUT2D eigenvalue weighted by Gasteiger charge is 2.22. The average molecular weight is 278 g/mol. The van der Waals surface area contributed by atoms with Gasteiger partial charge in [-0.3, -0.25) is 0 Å². The molecule has 1 aromatic carbocycles. The number of hydrogen-bond donors (Lipinski definition) is 2. The fourth-order valence-corrected chi connectivity index (χ4v) is 2.90. The van der Waals surface area contributed by atoms with Gasteiger partial charge in [-0.1, -0.05) is 45.4 Å². The van der Waals surface area contributed by atoms with Gasteiger partial charge in [0.2, 0.25) is 0 Å². The Hall–Kier alpha value is -1.22. The Morgan fingerprint density at radius 2 is 1.75 bits per heavy atom. The summed E-state index contributed by atoms with van der Waals surface area (Å²) in [5, 5.41) is 19.2. The molecule has 0 aromatic heterocycles. The van der Waals surface area contributed by atoms with Crippen LogP contribution in [0.5, 0.6) is 11.5 Å². The molecule has 0 amide bonds. The number of unbranched alkanes of at least 4 members (excludes halogenated alkanes) is 5. The second-order valence-electron chi connectivity index (χ2n) is 5.71. The second kappa shape index (κ2) is 7.53. The molecular formula is C17H26O3. The Morgan fingerprint density at radius 1 is 1.05 bits per heavy atom. The zero-order valence-corrected chi connectivity index (χ0v) is 12.4. The van der Waals surface area contributed by atoms with E-state index in [1.54, 1.807) is 12.1 Å². The fraction of sp³-hybridized carbons (Fsp3) is 0.647. The monoisotopic (exact) mass is 278 g/mol. The van der Waals surface area contributed by atoms with Gasteiger partial charge in [0.1, 0.15) is 0 Å². The molecule has 2 rings (SSSR count).